The number of hydrazone groups is 1. The van der Waals surface area contributed by atoms with E-state index < -0.39 is 5.91 Å². The number of hydrogen-bond donors (Lipinski definition) is 1. The van der Waals surface area contributed by atoms with Gasteiger partial charge in [0.2, 0.25) is 5.17 Å². The van der Waals surface area contributed by atoms with Gasteiger partial charge in [0.05, 0.1) is 18.4 Å². The van der Waals surface area contributed by atoms with Crippen molar-refractivity contribution >= 4 is 39.8 Å². The largest absolute Gasteiger partial charge is 0.495 e. The lowest BCUT2D eigenvalue weighted by Crippen LogP contribution is -2.35. The summed E-state index contributed by atoms with van der Waals surface area (Å²) in [7, 11) is 1.62. The number of aliphatic imine (C=N–C) groups is 1. The molecule has 176 valence electrons. The number of carbonyl (C=O) groups excluding carboxylic acids is 1. The van der Waals surface area contributed by atoms with Crippen LogP contribution < -0.4 is 9.47 Å². The van der Waals surface area contributed by atoms with Crippen molar-refractivity contribution in [3.05, 3.63) is 83.2 Å². The number of aryl methyl sites for hydroxylation is 2. The molecule has 0 unspecified atom stereocenters. The fraction of sp³-hybridized carbons (Fsp3) is 0.154. The smallest absolute Gasteiger partial charge is 0.283 e. The van der Waals surface area contributed by atoms with Crippen molar-refractivity contribution in [1.29, 1.82) is 5.41 Å². The Labute approximate surface area is 207 Å². The fourth-order valence-electron chi connectivity index (χ4n) is 3.82. The third-order valence-electron chi connectivity index (χ3n) is 5.61. The van der Waals surface area contributed by atoms with Crippen molar-refractivity contribution in [1.82, 2.24) is 9.58 Å². The van der Waals surface area contributed by atoms with Gasteiger partial charge in [-0.2, -0.15) is 15.1 Å². The number of para-hydroxylation sites is 1. The van der Waals surface area contributed by atoms with Gasteiger partial charge in [0, 0.05) is 11.9 Å². The topological polar surface area (TPSA) is 92.3 Å². The van der Waals surface area contributed by atoms with Crippen LogP contribution in [0.15, 0.2) is 76.5 Å². The average Bonchev–Trinajstić information content (AvgIpc) is 3.48. The van der Waals surface area contributed by atoms with Gasteiger partial charge in [-0.05, 0) is 73.1 Å². The second-order valence-electron chi connectivity index (χ2n) is 8.05. The van der Waals surface area contributed by atoms with Gasteiger partial charge in [0.15, 0.2) is 5.84 Å². The first-order valence-electron chi connectivity index (χ1n) is 10.9. The quantitative estimate of drug-likeness (QED) is 0.507. The molecule has 3 aromatic rings. The first-order chi connectivity index (χ1) is 16.9. The molecule has 1 N–H and O–H groups in total. The summed E-state index contributed by atoms with van der Waals surface area (Å²) in [5.41, 5.74) is 3.82. The van der Waals surface area contributed by atoms with Gasteiger partial charge in [0.25, 0.3) is 5.91 Å². The maximum Gasteiger partial charge on any atom is 0.283 e. The van der Waals surface area contributed by atoms with E-state index >= 15 is 0 Å². The van der Waals surface area contributed by atoms with Crippen LogP contribution in [-0.2, 0) is 4.79 Å². The van der Waals surface area contributed by atoms with E-state index in [2.05, 4.69) is 10.1 Å². The Balaban J connectivity index is 1.42. The molecule has 0 bridgehead atoms. The lowest BCUT2D eigenvalue weighted by molar-refractivity contribution is -0.114. The summed E-state index contributed by atoms with van der Waals surface area (Å²) in [5, 5.41) is 15.5. The van der Waals surface area contributed by atoms with Crippen LogP contribution in [0.2, 0.25) is 0 Å². The van der Waals surface area contributed by atoms with Gasteiger partial charge in [0.1, 0.15) is 23.1 Å². The molecule has 0 radical (unpaired) electrons. The van der Waals surface area contributed by atoms with Crippen molar-refractivity contribution in [2.24, 2.45) is 10.1 Å². The number of rotatable bonds is 6. The number of ether oxygens (including phenoxy) is 2. The third-order valence-corrected chi connectivity index (χ3v) is 6.49. The highest BCUT2D eigenvalue weighted by molar-refractivity contribution is 8.27. The van der Waals surface area contributed by atoms with Crippen LogP contribution in [0.25, 0.3) is 11.8 Å². The van der Waals surface area contributed by atoms with Gasteiger partial charge in [-0.1, -0.05) is 24.3 Å². The second kappa shape index (κ2) is 9.27. The number of amidine groups is 2. The monoisotopic (exact) mass is 485 g/mol. The molecule has 2 aliphatic heterocycles. The van der Waals surface area contributed by atoms with Gasteiger partial charge < -0.3 is 14.0 Å². The lowest BCUT2D eigenvalue weighted by Gasteiger charge is -2.20. The minimum atomic E-state index is -0.478. The maximum absolute atomic E-state index is 12.9. The van der Waals surface area contributed by atoms with E-state index in [-0.39, 0.29) is 18.0 Å². The summed E-state index contributed by atoms with van der Waals surface area (Å²) in [4.78, 5) is 17.1. The summed E-state index contributed by atoms with van der Waals surface area (Å²) < 4.78 is 13.3. The molecule has 0 spiro atoms. The van der Waals surface area contributed by atoms with Crippen molar-refractivity contribution in [2.45, 2.75) is 13.8 Å². The average molecular weight is 486 g/mol. The molecule has 0 fully saturated rings. The Morgan fingerprint density at radius 3 is 2.71 bits per heavy atom. The van der Waals surface area contributed by atoms with Crippen LogP contribution >= 0.6 is 11.8 Å². The van der Waals surface area contributed by atoms with Crippen molar-refractivity contribution < 1.29 is 14.3 Å². The number of hydrogen-bond acceptors (Lipinski definition) is 6. The van der Waals surface area contributed by atoms with Gasteiger partial charge in [-0.3, -0.25) is 10.2 Å². The highest BCUT2D eigenvalue weighted by Crippen LogP contribution is 2.31. The van der Waals surface area contributed by atoms with Gasteiger partial charge >= 0.3 is 0 Å². The van der Waals surface area contributed by atoms with E-state index in [0.717, 1.165) is 28.3 Å². The highest BCUT2D eigenvalue weighted by atomic mass is 32.2. The standard InChI is InChI=1S/C26H23N5O3S/c1-16-10-11-22(33-3)20(13-16)30-12-6-8-18(30)14-19-24(27)31-26(28-25(19)32)35-23(29-31)15-34-21-9-5-4-7-17(21)2/h4-14,27H,15H2,1-3H3/b19-14+,27-24?. The van der Waals surface area contributed by atoms with E-state index in [1.807, 2.05) is 79.2 Å². The van der Waals surface area contributed by atoms with Gasteiger partial charge in [-0.25, -0.2) is 0 Å². The predicted octanol–water partition coefficient (Wildman–Crippen LogP) is 4.80. The Morgan fingerprint density at radius 2 is 1.91 bits per heavy atom. The summed E-state index contributed by atoms with van der Waals surface area (Å²) in [6, 6.07) is 17.4. The molecule has 35 heavy (non-hydrogen) atoms. The fourth-order valence-corrected chi connectivity index (χ4v) is 4.61. The number of carbonyl (C=O) groups is 1. The van der Waals surface area contributed by atoms with Crippen LogP contribution in [0.4, 0.5) is 0 Å². The zero-order chi connectivity index (χ0) is 24.5. The third kappa shape index (κ3) is 4.38. The highest BCUT2D eigenvalue weighted by Gasteiger charge is 2.36. The Kier molecular flexibility index (Phi) is 6.00. The molecule has 8 nitrogen and oxygen atoms in total. The minimum Gasteiger partial charge on any atom is -0.495 e. The number of benzene rings is 2. The summed E-state index contributed by atoms with van der Waals surface area (Å²) in [5.74, 6) is 0.966. The van der Waals surface area contributed by atoms with E-state index in [1.165, 1.54) is 16.8 Å². The zero-order valence-electron chi connectivity index (χ0n) is 19.5. The molecule has 0 atom stereocenters. The van der Waals surface area contributed by atoms with Crippen LogP contribution in [-0.4, -0.2) is 45.2 Å². The maximum atomic E-state index is 12.9. The first kappa shape index (κ1) is 22.7. The number of thioether (sulfide) groups is 1. The van der Waals surface area contributed by atoms with Gasteiger partial charge in [-0.15, -0.1) is 0 Å². The van der Waals surface area contributed by atoms with Crippen LogP contribution in [0.5, 0.6) is 11.5 Å². The number of nitrogens with zero attached hydrogens (tertiary/aromatic N) is 4. The van der Waals surface area contributed by atoms with E-state index in [0.29, 0.717) is 16.0 Å². The minimum absolute atomic E-state index is 0.0256. The first-order valence-corrected chi connectivity index (χ1v) is 11.8. The summed E-state index contributed by atoms with van der Waals surface area (Å²) >= 11 is 1.23. The Hall–Kier alpha value is -4.11. The van der Waals surface area contributed by atoms with Crippen LogP contribution in [0.3, 0.4) is 0 Å². The normalized spacial score (nSPS) is 16.3. The van der Waals surface area contributed by atoms with Crippen molar-refractivity contribution in [3.63, 3.8) is 0 Å². The van der Waals surface area contributed by atoms with Crippen molar-refractivity contribution in [3.8, 4) is 17.2 Å². The molecule has 3 heterocycles. The van der Waals surface area contributed by atoms with E-state index in [4.69, 9.17) is 14.9 Å². The molecular weight excluding hydrogens is 462 g/mol. The summed E-state index contributed by atoms with van der Waals surface area (Å²) in [6.07, 6.45) is 3.55. The molecular formula is C26H23N5O3S. The number of methoxy groups -OCH3 is 1. The number of amides is 1. The molecule has 9 heteroatoms. The lowest BCUT2D eigenvalue weighted by atomic mass is 10.1. The number of nitrogens with one attached hydrogen (secondary N) is 1. The second-order valence-corrected chi connectivity index (χ2v) is 9.09. The molecule has 5 rings (SSSR count). The van der Waals surface area contributed by atoms with E-state index in [9.17, 15) is 4.79 Å². The zero-order valence-corrected chi connectivity index (χ0v) is 20.3. The van der Waals surface area contributed by atoms with Crippen molar-refractivity contribution in [2.75, 3.05) is 13.7 Å². The predicted molar refractivity (Wildman–Crippen MR) is 139 cm³/mol. The summed E-state index contributed by atoms with van der Waals surface area (Å²) in [6.45, 7) is 4.20. The Bertz CT molecular complexity index is 1440. The van der Waals surface area contributed by atoms with E-state index in [1.54, 1.807) is 13.2 Å². The molecule has 0 saturated carbocycles. The molecule has 1 aromatic heterocycles. The molecule has 0 saturated heterocycles. The molecule has 2 aliphatic rings. The van der Waals surface area contributed by atoms with Crippen LogP contribution in [0, 0.1) is 19.3 Å². The number of aromatic nitrogens is 1. The van der Waals surface area contributed by atoms with Crippen LogP contribution in [0.1, 0.15) is 16.8 Å². The molecule has 0 aliphatic carbocycles. The SMILES string of the molecule is COc1ccc(C)cc1-n1cccc1/C=C1\C(=N)N2N=C(COc3ccccc3C)SC2=NC1=O. The number of fused-ring (bicyclic) bond motifs is 1. The Morgan fingerprint density at radius 1 is 1.09 bits per heavy atom. The molecule has 1 amide bonds. The molecule has 2 aromatic carbocycles.